The van der Waals surface area contributed by atoms with Crippen molar-refractivity contribution in [1.82, 2.24) is 15.2 Å². The number of carbonyl (C=O) groups excluding carboxylic acids is 2. The van der Waals surface area contributed by atoms with Crippen molar-refractivity contribution in [2.45, 2.75) is 31.2 Å². The van der Waals surface area contributed by atoms with Crippen molar-refractivity contribution in [3.8, 4) is 0 Å². The van der Waals surface area contributed by atoms with E-state index in [1.165, 1.54) is 22.7 Å². The Hall–Kier alpha value is -2.60. The van der Waals surface area contributed by atoms with Gasteiger partial charge < -0.3 is 21.0 Å². The molecule has 12 heteroatoms. The molecule has 1 aromatic heterocycles. The molecule has 1 unspecified atom stereocenters. The van der Waals surface area contributed by atoms with Gasteiger partial charge >= 0.3 is 5.97 Å². The minimum Gasteiger partial charge on any atom is -0.477 e. The van der Waals surface area contributed by atoms with Crippen molar-refractivity contribution in [3.63, 3.8) is 0 Å². The van der Waals surface area contributed by atoms with Gasteiger partial charge in [-0.15, -0.1) is 23.1 Å². The van der Waals surface area contributed by atoms with Gasteiger partial charge in [-0.2, -0.15) is 0 Å². The second kappa shape index (κ2) is 8.61. The average molecular weight is 425 g/mol. The summed E-state index contributed by atoms with van der Waals surface area (Å²) in [5.41, 5.74) is 5.75. The largest absolute Gasteiger partial charge is 0.477 e. The Morgan fingerprint density at radius 2 is 2.32 bits per heavy atom. The molecule has 0 saturated carbocycles. The lowest BCUT2D eigenvalue weighted by Gasteiger charge is -2.48. The van der Waals surface area contributed by atoms with Crippen LogP contribution in [-0.4, -0.2) is 62.3 Å². The molecule has 150 valence electrons. The maximum atomic E-state index is 12.7. The molecular weight excluding hydrogens is 406 g/mol. The van der Waals surface area contributed by atoms with Crippen molar-refractivity contribution in [1.29, 1.82) is 0 Å². The van der Waals surface area contributed by atoms with Gasteiger partial charge in [-0.1, -0.05) is 18.5 Å². The first-order valence-corrected chi connectivity index (χ1v) is 10.5. The van der Waals surface area contributed by atoms with E-state index in [-0.39, 0.29) is 22.2 Å². The molecule has 1 fully saturated rings. The van der Waals surface area contributed by atoms with E-state index in [9.17, 15) is 19.5 Å². The van der Waals surface area contributed by atoms with Gasteiger partial charge in [-0.25, -0.2) is 9.78 Å². The molecule has 3 rings (SSSR count). The maximum Gasteiger partial charge on any atom is 0.352 e. The van der Waals surface area contributed by atoms with E-state index in [0.717, 1.165) is 24.2 Å². The minimum absolute atomic E-state index is 0.0664. The number of amides is 2. The van der Waals surface area contributed by atoms with E-state index in [1.54, 1.807) is 5.38 Å². The molecule has 2 atom stereocenters. The highest BCUT2D eigenvalue weighted by molar-refractivity contribution is 8.00. The quantitative estimate of drug-likeness (QED) is 0.238. The summed E-state index contributed by atoms with van der Waals surface area (Å²) in [4.78, 5) is 46.8. The molecule has 4 N–H and O–H groups in total. The summed E-state index contributed by atoms with van der Waals surface area (Å²) >= 11 is 2.52. The molecule has 2 amide bonds. The molecule has 3 heterocycles. The summed E-state index contributed by atoms with van der Waals surface area (Å²) in [5.74, 6) is -1.85. The molecule has 10 nitrogen and oxygen atoms in total. The van der Waals surface area contributed by atoms with Gasteiger partial charge in [0.05, 0.1) is 0 Å². The number of thioether (sulfide) groups is 1. The number of aromatic nitrogens is 1. The average Bonchev–Trinajstić information content (AvgIpc) is 3.10. The van der Waals surface area contributed by atoms with Crippen LogP contribution in [0.4, 0.5) is 5.13 Å². The van der Waals surface area contributed by atoms with Crippen molar-refractivity contribution in [3.05, 3.63) is 22.8 Å². The normalized spacial score (nSPS) is 21.5. The van der Waals surface area contributed by atoms with Crippen molar-refractivity contribution in [2.24, 2.45) is 5.16 Å². The van der Waals surface area contributed by atoms with E-state index in [1.807, 2.05) is 6.92 Å². The number of hydrogen-bond acceptors (Lipinski definition) is 9. The van der Waals surface area contributed by atoms with Crippen LogP contribution in [0.5, 0.6) is 0 Å². The van der Waals surface area contributed by atoms with Crippen LogP contribution in [0, 0.1) is 0 Å². The van der Waals surface area contributed by atoms with Crippen LogP contribution < -0.4 is 11.1 Å². The van der Waals surface area contributed by atoms with Gasteiger partial charge in [0.1, 0.15) is 29.4 Å². The third kappa shape index (κ3) is 3.97. The number of β-lactam (4-membered cyclic amide) rings is 1. The van der Waals surface area contributed by atoms with E-state index in [0.29, 0.717) is 12.4 Å². The molecule has 0 bridgehead atoms. The maximum absolute atomic E-state index is 12.7. The predicted octanol–water partition coefficient (Wildman–Crippen LogP) is 0.615. The topological polar surface area (TPSA) is 147 Å². The molecule has 0 radical (unpaired) electrons. The molecule has 1 saturated heterocycles. The number of hydrogen-bond donors (Lipinski definition) is 3. The number of nitrogens with zero attached hydrogens (tertiary/aromatic N) is 3. The Labute approximate surface area is 168 Å². The van der Waals surface area contributed by atoms with E-state index in [2.05, 4.69) is 15.5 Å². The Morgan fingerprint density at radius 3 is 2.96 bits per heavy atom. The first-order valence-electron chi connectivity index (χ1n) is 8.54. The summed E-state index contributed by atoms with van der Waals surface area (Å²) in [6, 6.07) is -0.850. The number of nitrogens with two attached hydrogens (primary N) is 1. The smallest absolute Gasteiger partial charge is 0.352 e. The lowest BCUT2D eigenvalue weighted by atomic mass is 10.0. The van der Waals surface area contributed by atoms with Crippen LogP contribution in [0.2, 0.25) is 0 Å². The number of fused-ring (bicyclic) bond motifs is 1. The van der Waals surface area contributed by atoms with Crippen LogP contribution >= 0.6 is 23.1 Å². The van der Waals surface area contributed by atoms with Gasteiger partial charge in [0.25, 0.3) is 11.8 Å². The summed E-state index contributed by atoms with van der Waals surface area (Å²) in [5, 5.41) is 17.1. The summed E-state index contributed by atoms with van der Waals surface area (Å²) < 4.78 is 0. The number of nitrogen functional groups attached to an aromatic ring is 1. The number of rotatable bonds is 8. The van der Waals surface area contributed by atoms with Crippen LogP contribution in [0.1, 0.15) is 25.5 Å². The second-order valence-electron chi connectivity index (χ2n) is 5.98. The van der Waals surface area contributed by atoms with Crippen molar-refractivity contribution < 1.29 is 24.3 Å². The van der Waals surface area contributed by atoms with Gasteiger partial charge in [-0.05, 0) is 12.5 Å². The highest BCUT2D eigenvalue weighted by Gasteiger charge is 2.53. The molecule has 0 spiro atoms. The predicted molar refractivity (Wildman–Crippen MR) is 105 cm³/mol. The molecule has 2 aliphatic rings. The fourth-order valence-corrected chi connectivity index (χ4v) is 4.41. The number of carboxylic acid groups (broad SMARTS) is 1. The molecule has 2 aliphatic heterocycles. The number of carboxylic acids is 1. The third-order valence-corrected chi connectivity index (χ3v) is 5.93. The monoisotopic (exact) mass is 425 g/mol. The highest BCUT2D eigenvalue weighted by Crippen LogP contribution is 2.37. The van der Waals surface area contributed by atoms with E-state index < -0.39 is 29.2 Å². The fraction of sp³-hybridized carbons (Fsp3) is 0.438. The van der Waals surface area contributed by atoms with E-state index in [4.69, 9.17) is 10.6 Å². The first-order chi connectivity index (χ1) is 13.4. The number of oxime groups is 1. The molecule has 0 aromatic carbocycles. The van der Waals surface area contributed by atoms with Crippen LogP contribution in [-0.2, 0) is 19.2 Å². The molecule has 1 aromatic rings. The highest BCUT2D eigenvalue weighted by atomic mass is 32.2. The Balaban J connectivity index is 1.73. The van der Waals surface area contributed by atoms with Crippen LogP contribution in [0.25, 0.3) is 0 Å². The zero-order valence-electron chi connectivity index (χ0n) is 15.0. The number of anilines is 1. The minimum atomic E-state index is -1.17. The molecular formula is C16H19N5O5S2. The second-order valence-corrected chi connectivity index (χ2v) is 8.01. The lowest BCUT2D eigenvalue weighted by Crippen LogP contribution is -2.70. The standard InChI is InChI=1S/C16H19N5O5S2/c1-2-3-5-26-20-10(8-7-28-16(17)18-8)12(22)19-11-13(23)21-9(15(24)25)4-6-27-14(11)21/h4,7,11,14H,2-3,5-6H2,1H3,(H2,17,18)(H,19,22)(H,24,25)/t11?,14-/m0/s1. The summed E-state index contributed by atoms with van der Waals surface area (Å²) in [6.45, 7) is 2.34. The number of aliphatic carboxylic acids is 1. The number of thiazole rings is 1. The zero-order valence-corrected chi connectivity index (χ0v) is 16.6. The SMILES string of the molecule is CCCCON=C(C(=O)NC1C(=O)N2C(C(=O)O)=CCS[C@@H]12)c1csc(N)n1. The lowest BCUT2D eigenvalue weighted by molar-refractivity contribution is -0.150. The summed E-state index contributed by atoms with van der Waals surface area (Å²) in [6.07, 6.45) is 3.16. The van der Waals surface area contributed by atoms with Gasteiger partial charge in [0.2, 0.25) is 0 Å². The molecule has 0 aliphatic carbocycles. The van der Waals surface area contributed by atoms with Gasteiger partial charge in [0.15, 0.2) is 10.8 Å². The zero-order chi connectivity index (χ0) is 20.3. The fourth-order valence-electron chi connectivity index (χ4n) is 2.67. The number of unbranched alkanes of at least 4 members (excludes halogenated alkanes) is 1. The number of carbonyl (C=O) groups is 3. The Morgan fingerprint density at radius 1 is 1.54 bits per heavy atom. The Bertz CT molecular complexity index is 852. The third-order valence-electron chi connectivity index (χ3n) is 4.08. The van der Waals surface area contributed by atoms with Crippen molar-refractivity contribution >= 4 is 51.7 Å². The van der Waals surface area contributed by atoms with Crippen LogP contribution in [0.3, 0.4) is 0 Å². The summed E-state index contributed by atoms with van der Waals surface area (Å²) in [7, 11) is 0. The van der Waals surface area contributed by atoms with E-state index >= 15 is 0 Å². The van der Waals surface area contributed by atoms with Gasteiger partial charge in [0, 0.05) is 11.1 Å². The van der Waals surface area contributed by atoms with Crippen LogP contribution in [0.15, 0.2) is 22.3 Å². The Kier molecular flexibility index (Phi) is 6.19. The van der Waals surface area contributed by atoms with Gasteiger partial charge in [-0.3, -0.25) is 14.5 Å². The van der Waals surface area contributed by atoms with Crippen molar-refractivity contribution in [2.75, 3.05) is 18.1 Å². The first kappa shape index (κ1) is 20.1. The molecule has 28 heavy (non-hydrogen) atoms. The number of nitrogens with one attached hydrogen (secondary N) is 1.